The molecule has 0 spiro atoms. The van der Waals surface area contributed by atoms with E-state index in [2.05, 4.69) is 24.9 Å². The van der Waals surface area contributed by atoms with Gasteiger partial charge in [0.2, 0.25) is 0 Å². The first-order valence-corrected chi connectivity index (χ1v) is 5.32. The zero-order valence-corrected chi connectivity index (χ0v) is 9.46. The lowest BCUT2D eigenvalue weighted by molar-refractivity contribution is 1.35. The highest BCUT2D eigenvalue weighted by atomic mass is 32.1. The van der Waals surface area contributed by atoms with Crippen LogP contribution in [-0.2, 0) is 0 Å². The molecule has 76 valence electrons. The van der Waals surface area contributed by atoms with Crippen LogP contribution in [-0.4, -0.2) is 0 Å². The largest absolute Gasteiger partial charge is 0.355 e. The summed E-state index contributed by atoms with van der Waals surface area (Å²) in [6.45, 7) is 2.07. The van der Waals surface area contributed by atoms with Crippen LogP contribution in [0.5, 0.6) is 0 Å². The summed E-state index contributed by atoms with van der Waals surface area (Å²) in [7, 11) is 0. The Morgan fingerprint density at radius 3 is 2.40 bits per heavy atom. The molecular formula is C13H13NS. The van der Waals surface area contributed by atoms with Gasteiger partial charge in [0.1, 0.15) is 0 Å². The molecule has 0 amide bonds. The third-order valence-electron chi connectivity index (χ3n) is 2.26. The molecule has 1 nitrogen and oxygen atoms in total. The van der Waals surface area contributed by atoms with Gasteiger partial charge in [-0.1, -0.05) is 18.2 Å². The summed E-state index contributed by atoms with van der Waals surface area (Å²) in [6, 6.07) is 16.2. The van der Waals surface area contributed by atoms with Crippen LogP contribution >= 0.6 is 12.6 Å². The topological polar surface area (TPSA) is 12.0 Å². The van der Waals surface area contributed by atoms with Crippen molar-refractivity contribution in [3.05, 3.63) is 54.1 Å². The molecule has 0 aliphatic carbocycles. The summed E-state index contributed by atoms with van der Waals surface area (Å²) in [4.78, 5) is 0.992. The lowest BCUT2D eigenvalue weighted by Crippen LogP contribution is -1.92. The Kier molecular flexibility index (Phi) is 2.97. The van der Waals surface area contributed by atoms with Gasteiger partial charge in [0.25, 0.3) is 0 Å². The number of rotatable bonds is 2. The first-order chi connectivity index (χ1) is 7.25. The van der Waals surface area contributed by atoms with Crippen molar-refractivity contribution in [2.45, 2.75) is 11.8 Å². The lowest BCUT2D eigenvalue weighted by atomic mass is 10.2. The summed E-state index contributed by atoms with van der Waals surface area (Å²) in [6.07, 6.45) is 0. The number of hydrogen-bond acceptors (Lipinski definition) is 2. The molecule has 0 saturated carbocycles. The molecular weight excluding hydrogens is 202 g/mol. The van der Waals surface area contributed by atoms with Gasteiger partial charge >= 0.3 is 0 Å². The maximum absolute atomic E-state index is 4.30. The van der Waals surface area contributed by atoms with E-state index >= 15 is 0 Å². The molecule has 0 bridgehead atoms. The molecule has 2 rings (SSSR count). The number of para-hydroxylation sites is 1. The van der Waals surface area contributed by atoms with E-state index in [1.54, 1.807) is 0 Å². The summed E-state index contributed by atoms with van der Waals surface area (Å²) >= 11 is 4.30. The van der Waals surface area contributed by atoms with Crippen LogP contribution < -0.4 is 5.32 Å². The molecule has 1 N–H and O–H groups in total. The average molecular weight is 215 g/mol. The smallest absolute Gasteiger partial charge is 0.0414 e. The number of nitrogens with one attached hydrogen (secondary N) is 1. The van der Waals surface area contributed by atoms with Crippen molar-refractivity contribution in [1.29, 1.82) is 0 Å². The average Bonchev–Trinajstić information content (AvgIpc) is 2.24. The molecule has 15 heavy (non-hydrogen) atoms. The molecule has 0 radical (unpaired) electrons. The predicted molar refractivity (Wildman–Crippen MR) is 68.2 cm³/mol. The summed E-state index contributed by atoms with van der Waals surface area (Å²) in [5.41, 5.74) is 3.43. The van der Waals surface area contributed by atoms with Gasteiger partial charge in [0.05, 0.1) is 0 Å². The Morgan fingerprint density at radius 2 is 1.73 bits per heavy atom. The minimum atomic E-state index is 0.992. The SMILES string of the molecule is Cc1cc(S)ccc1Nc1ccccc1. The summed E-state index contributed by atoms with van der Waals surface area (Å²) in [5, 5.41) is 3.37. The first-order valence-electron chi connectivity index (χ1n) is 4.87. The van der Waals surface area contributed by atoms with E-state index in [1.165, 1.54) is 5.56 Å². The van der Waals surface area contributed by atoms with Crippen molar-refractivity contribution in [1.82, 2.24) is 0 Å². The van der Waals surface area contributed by atoms with Crippen LogP contribution in [0, 0.1) is 6.92 Å². The van der Waals surface area contributed by atoms with Crippen LogP contribution in [0.3, 0.4) is 0 Å². The molecule has 0 heterocycles. The molecule has 0 unspecified atom stereocenters. The Hall–Kier alpha value is -1.41. The van der Waals surface area contributed by atoms with E-state index in [-0.39, 0.29) is 0 Å². The van der Waals surface area contributed by atoms with E-state index in [4.69, 9.17) is 0 Å². The van der Waals surface area contributed by atoms with E-state index in [9.17, 15) is 0 Å². The highest BCUT2D eigenvalue weighted by Gasteiger charge is 1.98. The fourth-order valence-electron chi connectivity index (χ4n) is 1.47. The molecule has 0 aliphatic rings. The van der Waals surface area contributed by atoms with E-state index in [0.29, 0.717) is 0 Å². The first kappa shape index (κ1) is 10.1. The molecule has 2 heteroatoms. The monoisotopic (exact) mass is 215 g/mol. The molecule has 0 aliphatic heterocycles. The van der Waals surface area contributed by atoms with E-state index < -0.39 is 0 Å². The Labute approximate surface area is 95.6 Å². The maximum Gasteiger partial charge on any atom is 0.0414 e. The van der Waals surface area contributed by atoms with Crippen molar-refractivity contribution in [2.24, 2.45) is 0 Å². The van der Waals surface area contributed by atoms with Crippen LogP contribution in [0.4, 0.5) is 11.4 Å². The highest BCUT2D eigenvalue weighted by molar-refractivity contribution is 7.80. The van der Waals surface area contributed by atoms with Gasteiger partial charge in [-0.15, -0.1) is 12.6 Å². The molecule has 0 aromatic heterocycles. The van der Waals surface area contributed by atoms with Crippen LogP contribution in [0.2, 0.25) is 0 Å². The lowest BCUT2D eigenvalue weighted by Gasteiger charge is -2.09. The number of benzene rings is 2. The van der Waals surface area contributed by atoms with Crippen LogP contribution in [0.25, 0.3) is 0 Å². The molecule has 0 atom stereocenters. The van der Waals surface area contributed by atoms with E-state index in [0.717, 1.165) is 16.3 Å². The van der Waals surface area contributed by atoms with Gasteiger partial charge < -0.3 is 5.32 Å². The van der Waals surface area contributed by atoms with Crippen molar-refractivity contribution >= 4 is 24.0 Å². The summed E-state index contributed by atoms with van der Waals surface area (Å²) < 4.78 is 0. The van der Waals surface area contributed by atoms with E-state index in [1.807, 2.05) is 48.5 Å². The number of aryl methyl sites for hydroxylation is 1. The predicted octanol–water partition coefficient (Wildman–Crippen LogP) is 4.03. The molecule has 2 aromatic carbocycles. The Bertz CT molecular complexity index is 451. The van der Waals surface area contributed by atoms with Crippen LogP contribution in [0.1, 0.15) is 5.56 Å². The minimum absolute atomic E-state index is 0.992. The maximum atomic E-state index is 4.30. The fourth-order valence-corrected chi connectivity index (χ4v) is 1.73. The second kappa shape index (κ2) is 4.41. The summed E-state index contributed by atoms with van der Waals surface area (Å²) in [5.74, 6) is 0. The number of anilines is 2. The number of thiol groups is 1. The van der Waals surface area contributed by atoms with Gasteiger partial charge in [-0.05, 0) is 42.8 Å². The van der Waals surface area contributed by atoms with Crippen molar-refractivity contribution < 1.29 is 0 Å². The molecule has 0 saturated heterocycles. The van der Waals surface area contributed by atoms with Crippen molar-refractivity contribution in [2.75, 3.05) is 5.32 Å². The number of hydrogen-bond donors (Lipinski definition) is 2. The highest BCUT2D eigenvalue weighted by Crippen LogP contribution is 2.22. The second-order valence-corrected chi connectivity index (χ2v) is 4.01. The molecule has 2 aromatic rings. The third kappa shape index (κ3) is 2.54. The zero-order valence-electron chi connectivity index (χ0n) is 8.57. The van der Waals surface area contributed by atoms with Crippen LogP contribution in [0.15, 0.2) is 53.4 Å². The zero-order chi connectivity index (χ0) is 10.7. The third-order valence-corrected chi connectivity index (χ3v) is 2.54. The normalized spacial score (nSPS) is 10.0. The van der Waals surface area contributed by atoms with Crippen molar-refractivity contribution in [3.8, 4) is 0 Å². The Morgan fingerprint density at radius 1 is 1.00 bits per heavy atom. The Balaban J connectivity index is 2.25. The van der Waals surface area contributed by atoms with Crippen molar-refractivity contribution in [3.63, 3.8) is 0 Å². The minimum Gasteiger partial charge on any atom is -0.355 e. The fraction of sp³-hybridized carbons (Fsp3) is 0.0769. The van der Waals surface area contributed by atoms with Gasteiger partial charge in [-0.3, -0.25) is 0 Å². The standard InChI is InChI=1S/C13H13NS/c1-10-9-12(15)7-8-13(10)14-11-5-3-2-4-6-11/h2-9,14-15H,1H3. The second-order valence-electron chi connectivity index (χ2n) is 3.49. The van der Waals surface area contributed by atoms with Gasteiger partial charge in [0, 0.05) is 16.3 Å². The van der Waals surface area contributed by atoms with Gasteiger partial charge in [-0.2, -0.15) is 0 Å². The molecule has 0 fully saturated rings. The quantitative estimate of drug-likeness (QED) is 0.721. The van der Waals surface area contributed by atoms with Gasteiger partial charge in [0.15, 0.2) is 0 Å². The van der Waals surface area contributed by atoms with Gasteiger partial charge in [-0.25, -0.2) is 0 Å².